The highest BCUT2D eigenvalue weighted by molar-refractivity contribution is 5.73. The van der Waals surface area contributed by atoms with E-state index in [9.17, 15) is 9.59 Å². The highest BCUT2D eigenvalue weighted by Gasteiger charge is 2.31. The van der Waals surface area contributed by atoms with Gasteiger partial charge >= 0.3 is 6.09 Å². The molecular weight excluding hydrogens is 244 g/mol. The summed E-state index contributed by atoms with van der Waals surface area (Å²) in [6, 6.07) is 3.60. The molecule has 2 heterocycles. The maximum atomic E-state index is 12.1. The molecule has 0 radical (unpaired) electrons. The summed E-state index contributed by atoms with van der Waals surface area (Å²) in [5, 5.41) is 0. The third-order valence-corrected chi connectivity index (χ3v) is 3.26. The van der Waals surface area contributed by atoms with E-state index in [1.54, 1.807) is 11.0 Å². The number of hydrogen-bond acceptors (Lipinski definition) is 3. The summed E-state index contributed by atoms with van der Waals surface area (Å²) in [5.74, 6) is 0. The number of aldehydes is 1. The SMILES string of the molecule is CC1c2ccc(C=O)n2CCN1C(=O)OC(C)(C)C. The molecule has 0 aromatic carbocycles. The van der Waals surface area contributed by atoms with E-state index in [-0.39, 0.29) is 12.1 Å². The van der Waals surface area contributed by atoms with E-state index in [2.05, 4.69) is 0 Å². The number of fused-ring (bicyclic) bond motifs is 1. The lowest BCUT2D eigenvalue weighted by Gasteiger charge is -2.36. The van der Waals surface area contributed by atoms with Crippen molar-refractivity contribution in [3.63, 3.8) is 0 Å². The first-order chi connectivity index (χ1) is 8.83. The number of carbonyl (C=O) groups excluding carboxylic acids is 2. The first kappa shape index (κ1) is 13.6. The number of rotatable bonds is 1. The minimum Gasteiger partial charge on any atom is -0.444 e. The quantitative estimate of drug-likeness (QED) is 0.733. The minimum atomic E-state index is -0.496. The van der Waals surface area contributed by atoms with Gasteiger partial charge in [0, 0.05) is 18.8 Å². The van der Waals surface area contributed by atoms with Gasteiger partial charge in [-0.25, -0.2) is 4.79 Å². The van der Waals surface area contributed by atoms with Crippen molar-refractivity contribution in [3.8, 4) is 0 Å². The predicted molar refractivity (Wildman–Crippen MR) is 71.2 cm³/mol. The van der Waals surface area contributed by atoms with Crippen LogP contribution in [-0.2, 0) is 11.3 Å². The van der Waals surface area contributed by atoms with Crippen molar-refractivity contribution in [3.05, 3.63) is 23.5 Å². The van der Waals surface area contributed by atoms with Gasteiger partial charge in [0.25, 0.3) is 0 Å². The van der Waals surface area contributed by atoms with Crippen LogP contribution in [-0.4, -0.2) is 34.0 Å². The minimum absolute atomic E-state index is 0.0858. The van der Waals surface area contributed by atoms with Crippen molar-refractivity contribution in [1.29, 1.82) is 0 Å². The summed E-state index contributed by atoms with van der Waals surface area (Å²) >= 11 is 0. The third-order valence-electron chi connectivity index (χ3n) is 3.26. The first-order valence-electron chi connectivity index (χ1n) is 6.47. The van der Waals surface area contributed by atoms with Crippen LogP contribution in [0.25, 0.3) is 0 Å². The monoisotopic (exact) mass is 264 g/mol. The maximum absolute atomic E-state index is 12.1. The molecule has 0 saturated carbocycles. The van der Waals surface area contributed by atoms with E-state index >= 15 is 0 Å². The second-order valence-corrected chi connectivity index (χ2v) is 5.80. The second kappa shape index (κ2) is 4.72. The molecule has 0 N–H and O–H groups in total. The molecule has 1 aliphatic rings. The van der Waals surface area contributed by atoms with Gasteiger partial charge in [-0.15, -0.1) is 0 Å². The molecule has 1 aromatic rings. The molecule has 19 heavy (non-hydrogen) atoms. The van der Waals surface area contributed by atoms with Gasteiger partial charge in [0.05, 0.1) is 11.7 Å². The molecule has 104 valence electrons. The predicted octanol–water partition coefficient (Wildman–Crippen LogP) is 2.61. The smallest absolute Gasteiger partial charge is 0.410 e. The lowest BCUT2D eigenvalue weighted by atomic mass is 10.1. The number of ether oxygens (including phenoxy) is 1. The Balaban J connectivity index is 2.19. The van der Waals surface area contributed by atoms with Gasteiger partial charge in [0.1, 0.15) is 5.60 Å². The number of hydrogen-bond donors (Lipinski definition) is 0. The fraction of sp³-hybridized carbons (Fsp3) is 0.571. The fourth-order valence-corrected chi connectivity index (χ4v) is 2.36. The van der Waals surface area contributed by atoms with Crippen LogP contribution in [0.1, 0.15) is 49.9 Å². The normalized spacial score (nSPS) is 18.9. The average molecular weight is 264 g/mol. The Hall–Kier alpha value is -1.78. The zero-order valence-electron chi connectivity index (χ0n) is 11.8. The third kappa shape index (κ3) is 2.64. The van der Waals surface area contributed by atoms with Gasteiger partial charge in [-0.1, -0.05) is 0 Å². The Morgan fingerprint density at radius 1 is 1.37 bits per heavy atom. The molecule has 5 heteroatoms. The zero-order chi connectivity index (χ0) is 14.2. The Morgan fingerprint density at radius 2 is 2.05 bits per heavy atom. The molecule has 0 saturated heterocycles. The second-order valence-electron chi connectivity index (χ2n) is 5.80. The standard InChI is InChI=1S/C14H20N2O3/c1-10-12-6-5-11(9-17)16(12)8-7-15(10)13(18)19-14(2,3)4/h5-6,9-10H,7-8H2,1-4H3. The number of nitrogens with zero attached hydrogens (tertiary/aromatic N) is 2. The van der Waals surface area contributed by atoms with E-state index < -0.39 is 5.60 Å². The van der Waals surface area contributed by atoms with Crippen LogP contribution in [0.2, 0.25) is 0 Å². The van der Waals surface area contributed by atoms with Gasteiger partial charge in [-0.05, 0) is 39.8 Å². The highest BCUT2D eigenvalue weighted by Crippen LogP contribution is 2.28. The van der Waals surface area contributed by atoms with Gasteiger partial charge < -0.3 is 9.30 Å². The maximum Gasteiger partial charge on any atom is 0.410 e. The highest BCUT2D eigenvalue weighted by atomic mass is 16.6. The lowest BCUT2D eigenvalue weighted by Crippen LogP contribution is -2.43. The lowest BCUT2D eigenvalue weighted by molar-refractivity contribution is 0.0126. The van der Waals surface area contributed by atoms with Crippen LogP contribution in [0.5, 0.6) is 0 Å². The molecule has 1 amide bonds. The summed E-state index contributed by atoms with van der Waals surface area (Å²) in [5.41, 5.74) is 1.13. The number of amides is 1. The van der Waals surface area contributed by atoms with Crippen molar-refractivity contribution >= 4 is 12.4 Å². The molecular formula is C14H20N2O3. The average Bonchev–Trinajstić information content (AvgIpc) is 2.70. The van der Waals surface area contributed by atoms with Crippen molar-refractivity contribution in [1.82, 2.24) is 9.47 Å². The summed E-state index contributed by atoms with van der Waals surface area (Å²) < 4.78 is 7.36. The van der Waals surface area contributed by atoms with Crippen LogP contribution in [0, 0.1) is 0 Å². The van der Waals surface area contributed by atoms with Crippen LogP contribution < -0.4 is 0 Å². The van der Waals surface area contributed by atoms with E-state index in [0.29, 0.717) is 18.8 Å². The van der Waals surface area contributed by atoms with Crippen molar-refractivity contribution in [2.24, 2.45) is 0 Å². The van der Waals surface area contributed by atoms with E-state index in [4.69, 9.17) is 4.74 Å². The molecule has 1 unspecified atom stereocenters. The van der Waals surface area contributed by atoms with Gasteiger partial charge in [0.15, 0.2) is 6.29 Å². The van der Waals surface area contributed by atoms with Gasteiger partial charge in [0.2, 0.25) is 0 Å². The van der Waals surface area contributed by atoms with Crippen LogP contribution in [0.3, 0.4) is 0 Å². The molecule has 0 aliphatic carbocycles. The largest absolute Gasteiger partial charge is 0.444 e. The molecule has 5 nitrogen and oxygen atoms in total. The van der Waals surface area contributed by atoms with Crippen LogP contribution in [0.15, 0.2) is 12.1 Å². The van der Waals surface area contributed by atoms with E-state index in [1.807, 2.05) is 38.3 Å². The topological polar surface area (TPSA) is 51.5 Å². The summed E-state index contributed by atoms with van der Waals surface area (Å²) in [6.07, 6.45) is 0.541. The Morgan fingerprint density at radius 3 is 2.63 bits per heavy atom. The molecule has 1 aliphatic heterocycles. The molecule has 0 bridgehead atoms. The number of aromatic nitrogens is 1. The molecule has 2 rings (SSSR count). The van der Waals surface area contributed by atoms with Crippen molar-refractivity contribution in [2.75, 3.05) is 6.54 Å². The van der Waals surface area contributed by atoms with Crippen molar-refractivity contribution in [2.45, 2.75) is 45.9 Å². The summed E-state index contributed by atoms with van der Waals surface area (Å²) in [4.78, 5) is 24.8. The summed E-state index contributed by atoms with van der Waals surface area (Å²) in [6.45, 7) is 8.69. The Kier molecular flexibility index (Phi) is 3.39. The molecule has 0 fully saturated rings. The van der Waals surface area contributed by atoms with Crippen molar-refractivity contribution < 1.29 is 14.3 Å². The van der Waals surface area contributed by atoms with Gasteiger partial charge in [-0.2, -0.15) is 0 Å². The van der Waals surface area contributed by atoms with Crippen LogP contribution in [0.4, 0.5) is 4.79 Å². The summed E-state index contributed by atoms with van der Waals surface area (Å²) in [7, 11) is 0. The van der Waals surface area contributed by atoms with Gasteiger partial charge in [-0.3, -0.25) is 9.69 Å². The zero-order valence-corrected chi connectivity index (χ0v) is 11.8. The molecule has 1 aromatic heterocycles. The Bertz CT molecular complexity index is 499. The molecule has 1 atom stereocenters. The molecule has 0 spiro atoms. The Labute approximate surface area is 113 Å². The van der Waals surface area contributed by atoms with E-state index in [1.165, 1.54) is 0 Å². The first-order valence-corrected chi connectivity index (χ1v) is 6.47. The van der Waals surface area contributed by atoms with Crippen LogP contribution >= 0.6 is 0 Å². The fourth-order valence-electron chi connectivity index (χ4n) is 2.36. The number of carbonyl (C=O) groups is 2. The van der Waals surface area contributed by atoms with E-state index in [0.717, 1.165) is 12.0 Å².